The van der Waals surface area contributed by atoms with Gasteiger partial charge in [0.25, 0.3) is 0 Å². The van der Waals surface area contributed by atoms with Crippen molar-refractivity contribution in [3.8, 4) is 5.75 Å². The third-order valence-electron chi connectivity index (χ3n) is 5.98. The highest BCUT2D eigenvalue weighted by molar-refractivity contribution is 5.35. The summed E-state index contributed by atoms with van der Waals surface area (Å²) in [4.78, 5) is 0. The molecule has 0 spiro atoms. The molecule has 0 radical (unpaired) electrons. The van der Waals surface area contributed by atoms with Crippen LogP contribution in [-0.4, -0.2) is 0 Å². The molecular formula is C20H24O. The van der Waals surface area contributed by atoms with E-state index in [2.05, 4.69) is 37.4 Å². The zero-order chi connectivity index (χ0) is 14.4. The number of hydrogen-bond donors (Lipinski definition) is 0. The molecule has 0 N–H and O–H groups in total. The lowest BCUT2D eigenvalue weighted by Crippen LogP contribution is -2.48. The van der Waals surface area contributed by atoms with E-state index in [1.54, 1.807) is 6.08 Å². The lowest BCUT2D eigenvalue weighted by molar-refractivity contribution is -0.00520. The molecule has 0 amide bonds. The normalized spacial score (nSPS) is 36.5. The van der Waals surface area contributed by atoms with Gasteiger partial charge in [-0.05, 0) is 85.5 Å². The van der Waals surface area contributed by atoms with E-state index in [1.165, 1.54) is 44.1 Å². The van der Waals surface area contributed by atoms with Crippen molar-refractivity contribution in [2.24, 2.45) is 17.8 Å². The molecule has 4 bridgehead atoms. The maximum absolute atomic E-state index is 5.62. The van der Waals surface area contributed by atoms with Crippen LogP contribution >= 0.6 is 0 Å². The van der Waals surface area contributed by atoms with Gasteiger partial charge in [0.2, 0.25) is 0 Å². The number of hydrogen-bond acceptors (Lipinski definition) is 1. The second-order valence-corrected chi connectivity index (χ2v) is 7.49. The van der Waals surface area contributed by atoms with E-state index in [1.807, 2.05) is 0 Å². The third-order valence-corrected chi connectivity index (χ3v) is 5.98. The highest BCUT2D eigenvalue weighted by Gasteiger charge is 2.51. The van der Waals surface area contributed by atoms with Gasteiger partial charge >= 0.3 is 0 Å². The zero-order valence-electron chi connectivity index (χ0n) is 12.7. The SMILES string of the molecule is C=CC(=C)Oc1ccc(C23CC4CC(CC(C4)C2)C3)cc1. The second-order valence-electron chi connectivity index (χ2n) is 7.49. The van der Waals surface area contributed by atoms with E-state index in [9.17, 15) is 0 Å². The fourth-order valence-electron chi connectivity index (χ4n) is 5.53. The quantitative estimate of drug-likeness (QED) is 0.542. The predicted octanol–water partition coefficient (Wildman–Crippen LogP) is 5.23. The minimum Gasteiger partial charge on any atom is -0.458 e. The van der Waals surface area contributed by atoms with Crippen LogP contribution in [0.3, 0.4) is 0 Å². The summed E-state index contributed by atoms with van der Waals surface area (Å²) in [5.74, 6) is 4.46. The Bertz CT molecular complexity index is 531. The molecule has 5 rings (SSSR count). The Morgan fingerprint density at radius 2 is 1.52 bits per heavy atom. The topological polar surface area (TPSA) is 9.23 Å². The van der Waals surface area contributed by atoms with Crippen LogP contribution in [0.25, 0.3) is 0 Å². The van der Waals surface area contributed by atoms with Gasteiger partial charge in [-0.15, -0.1) is 0 Å². The Morgan fingerprint density at radius 1 is 1.00 bits per heavy atom. The Balaban J connectivity index is 1.59. The summed E-state index contributed by atoms with van der Waals surface area (Å²) < 4.78 is 5.62. The molecule has 0 aromatic heterocycles. The van der Waals surface area contributed by atoms with Crippen molar-refractivity contribution in [1.29, 1.82) is 0 Å². The van der Waals surface area contributed by atoms with Gasteiger partial charge in [-0.25, -0.2) is 0 Å². The van der Waals surface area contributed by atoms with Crippen molar-refractivity contribution in [3.63, 3.8) is 0 Å². The maximum atomic E-state index is 5.62. The van der Waals surface area contributed by atoms with Gasteiger partial charge < -0.3 is 4.74 Å². The monoisotopic (exact) mass is 280 g/mol. The highest BCUT2D eigenvalue weighted by Crippen LogP contribution is 2.60. The largest absolute Gasteiger partial charge is 0.458 e. The Kier molecular flexibility index (Phi) is 2.99. The van der Waals surface area contributed by atoms with E-state index in [4.69, 9.17) is 4.74 Å². The van der Waals surface area contributed by atoms with Gasteiger partial charge in [0.15, 0.2) is 0 Å². The molecule has 0 saturated heterocycles. The molecule has 110 valence electrons. The summed E-state index contributed by atoms with van der Waals surface area (Å²) in [6.07, 6.45) is 10.4. The average molecular weight is 280 g/mol. The van der Waals surface area contributed by atoms with Gasteiger partial charge in [0.1, 0.15) is 11.5 Å². The minimum absolute atomic E-state index is 0.475. The summed E-state index contributed by atoms with van der Waals surface area (Å²) in [6, 6.07) is 8.78. The van der Waals surface area contributed by atoms with Crippen LogP contribution in [-0.2, 0) is 5.41 Å². The third kappa shape index (κ3) is 2.23. The molecular weight excluding hydrogens is 256 g/mol. The minimum atomic E-state index is 0.475. The molecule has 1 nitrogen and oxygen atoms in total. The lowest BCUT2D eigenvalue weighted by atomic mass is 9.48. The highest BCUT2D eigenvalue weighted by atomic mass is 16.5. The zero-order valence-corrected chi connectivity index (χ0v) is 12.7. The van der Waals surface area contributed by atoms with E-state index in [-0.39, 0.29) is 0 Å². The first-order valence-electron chi connectivity index (χ1n) is 8.26. The molecule has 0 unspecified atom stereocenters. The molecule has 4 fully saturated rings. The molecule has 0 atom stereocenters. The standard InChI is InChI=1S/C20H24O/c1-3-14(2)21-19-6-4-18(5-7-19)20-11-15-8-16(12-20)10-17(9-15)13-20/h3-7,15-17H,1-2,8-13H2. The van der Waals surface area contributed by atoms with E-state index in [0.29, 0.717) is 11.2 Å². The maximum Gasteiger partial charge on any atom is 0.127 e. The van der Waals surface area contributed by atoms with Crippen LogP contribution in [0.1, 0.15) is 44.1 Å². The molecule has 1 aromatic carbocycles. The van der Waals surface area contributed by atoms with Crippen molar-refractivity contribution in [1.82, 2.24) is 0 Å². The average Bonchev–Trinajstić information content (AvgIpc) is 2.46. The van der Waals surface area contributed by atoms with Gasteiger partial charge in [-0.3, -0.25) is 0 Å². The van der Waals surface area contributed by atoms with Crippen LogP contribution in [0, 0.1) is 17.8 Å². The smallest absolute Gasteiger partial charge is 0.127 e. The Hall–Kier alpha value is -1.50. The number of benzene rings is 1. The van der Waals surface area contributed by atoms with Gasteiger partial charge in [0.05, 0.1) is 0 Å². The fraction of sp³-hybridized carbons (Fsp3) is 0.500. The molecule has 4 saturated carbocycles. The molecule has 0 aliphatic heterocycles. The van der Waals surface area contributed by atoms with E-state index in [0.717, 1.165) is 23.5 Å². The van der Waals surface area contributed by atoms with Crippen molar-refractivity contribution in [3.05, 3.63) is 54.8 Å². The van der Waals surface area contributed by atoms with Crippen molar-refractivity contribution in [2.75, 3.05) is 0 Å². The van der Waals surface area contributed by atoms with Crippen LogP contribution < -0.4 is 4.74 Å². The van der Waals surface area contributed by atoms with Crippen molar-refractivity contribution < 1.29 is 4.74 Å². The summed E-state index contributed by atoms with van der Waals surface area (Å²) in [5, 5.41) is 0. The van der Waals surface area contributed by atoms with E-state index >= 15 is 0 Å². The Morgan fingerprint density at radius 3 is 2.00 bits per heavy atom. The molecule has 4 aliphatic rings. The summed E-state index contributed by atoms with van der Waals surface area (Å²) in [5.41, 5.74) is 2.01. The first-order valence-corrected chi connectivity index (χ1v) is 8.26. The van der Waals surface area contributed by atoms with Crippen LogP contribution in [0.15, 0.2) is 49.3 Å². The molecule has 0 heterocycles. The molecule has 1 aromatic rings. The first kappa shape index (κ1) is 13.2. The summed E-state index contributed by atoms with van der Waals surface area (Å²) in [7, 11) is 0. The summed E-state index contributed by atoms with van der Waals surface area (Å²) >= 11 is 0. The van der Waals surface area contributed by atoms with Crippen LogP contribution in [0.2, 0.25) is 0 Å². The molecule has 1 heteroatoms. The van der Waals surface area contributed by atoms with Gasteiger partial charge in [0, 0.05) is 0 Å². The van der Waals surface area contributed by atoms with E-state index < -0.39 is 0 Å². The number of rotatable bonds is 4. The van der Waals surface area contributed by atoms with Gasteiger partial charge in [-0.2, -0.15) is 0 Å². The number of allylic oxidation sites excluding steroid dienone is 1. The fourth-order valence-corrected chi connectivity index (χ4v) is 5.53. The molecule has 21 heavy (non-hydrogen) atoms. The van der Waals surface area contributed by atoms with Crippen molar-refractivity contribution in [2.45, 2.75) is 43.9 Å². The molecule has 4 aliphatic carbocycles. The number of ether oxygens (including phenoxy) is 1. The second kappa shape index (κ2) is 4.76. The predicted molar refractivity (Wildman–Crippen MR) is 86.3 cm³/mol. The first-order chi connectivity index (χ1) is 10.2. The van der Waals surface area contributed by atoms with Crippen LogP contribution in [0.4, 0.5) is 0 Å². The Labute approximate surface area is 127 Å². The van der Waals surface area contributed by atoms with Crippen molar-refractivity contribution >= 4 is 0 Å². The van der Waals surface area contributed by atoms with Crippen LogP contribution in [0.5, 0.6) is 5.75 Å². The van der Waals surface area contributed by atoms with Gasteiger partial charge in [-0.1, -0.05) is 25.3 Å². The lowest BCUT2D eigenvalue weighted by Gasteiger charge is -2.57. The summed E-state index contributed by atoms with van der Waals surface area (Å²) in [6.45, 7) is 7.48.